The van der Waals surface area contributed by atoms with Crippen LogP contribution in [0.3, 0.4) is 0 Å². The van der Waals surface area contributed by atoms with Crippen LogP contribution in [0.4, 0.5) is 10.1 Å². The Balaban J connectivity index is 1.52. The van der Waals surface area contributed by atoms with Crippen LogP contribution in [-0.4, -0.2) is 109 Å². The molecule has 16 nitrogen and oxygen atoms in total. The average Bonchev–Trinajstić information content (AvgIpc) is 3.88. The Morgan fingerprint density at radius 1 is 0.860 bits per heavy atom. The first-order chi connectivity index (χ1) is 23.6. The van der Waals surface area contributed by atoms with E-state index in [1.54, 1.807) is 20.4 Å². The summed E-state index contributed by atoms with van der Waals surface area (Å²) >= 11 is 0. The van der Waals surface area contributed by atoms with Gasteiger partial charge in [0.05, 0.1) is 11.2 Å². The van der Waals surface area contributed by atoms with E-state index in [0.29, 0.717) is 31.7 Å². The minimum absolute atomic E-state index is 0.0552. The van der Waals surface area contributed by atoms with Gasteiger partial charge >= 0.3 is 23.9 Å². The van der Waals surface area contributed by atoms with Crippen LogP contribution in [0.1, 0.15) is 63.9 Å². The number of nitrogens with zero attached hydrogens (tertiary/aromatic N) is 3. The number of fused-ring (bicyclic) bond motifs is 1. The van der Waals surface area contributed by atoms with Gasteiger partial charge in [0, 0.05) is 78.4 Å². The standard InChI is InChI=1S/C33H39FN4O12/c1-16(39)36-8-10-37(11-9-36)26-13-25-22(12-24(26)34)29(44)23(14-38(25)21-6-7-21)32(45)35-28-31(48-19(4)42)30(47-18(3)41)27(15-46-17(2)40)50-33(28)49-20(5)43/h12-14,21,27-28,30-31,33H,6-11,15H2,1-5H3,(H,35,45)/t27?,28?,30-,31-,33-/m1/s1. The van der Waals surface area contributed by atoms with E-state index in [1.807, 2.05) is 0 Å². The SMILES string of the molecule is CC(=O)OCC1O[C@@H](OC(C)=O)C(NC(=O)c2cn(C3CC3)c3cc(N4CCN(C(C)=O)CC4)c(F)cc3c2=O)[C@@H](OC(C)=O)[C@@H]1OC(C)=O. The molecule has 1 N–H and O–H groups in total. The maximum absolute atomic E-state index is 15.7. The van der Waals surface area contributed by atoms with E-state index in [4.69, 9.17) is 23.7 Å². The summed E-state index contributed by atoms with van der Waals surface area (Å²) in [5.41, 5.74) is -0.505. The van der Waals surface area contributed by atoms with Gasteiger partial charge in [0.15, 0.2) is 12.2 Å². The van der Waals surface area contributed by atoms with E-state index in [2.05, 4.69) is 5.32 Å². The number of amides is 2. The third-order valence-electron chi connectivity index (χ3n) is 8.63. The first kappa shape index (κ1) is 36.2. The number of carbonyl (C=O) groups is 6. The second-order valence-corrected chi connectivity index (χ2v) is 12.4. The zero-order valence-corrected chi connectivity index (χ0v) is 28.3. The van der Waals surface area contributed by atoms with Crippen molar-refractivity contribution in [2.75, 3.05) is 37.7 Å². The van der Waals surface area contributed by atoms with Crippen LogP contribution >= 0.6 is 0 Å². The molecule has 3 fully saturated rings. The molecule has 1 aromatic heterocycles. The highest BCUT2D eigenvalue weighted by Gasteiger charge is 2.52. The molecule has 5 atom stereocenters. The van der Waals surface area contributed by atoms with Gasteiger partial charge < -0.3 is 43.4 Å². The first-order valence-corrected chi connectivity index (χ1v) is 16.1. The molecular weight excluding hydrogens is 663 g/mol. The molecule has 3 heterocycles. The summed E-state index contributed by atoms with van der Waals surface area (Å²) in [4.78, 5) is 91.2. The molecule has 2 aromatic rings. The number of piperazine rings is 1. The van der Waals surface area contributed by atoms with Crippen molar-refractivity contribution in [2.45, 2.75) is 84.1 Å². The maximum Gasteiger partial charge on any atom is 0.305 e. The lowest BCUT2D eigenvalue weighted by Crippen LogP contribution is -2.67. The molecule has 3 aliphatic rings. The summed E-state index contributed by atoms with van der Waals surface area (Å²) in [6.45, 7) is 6.91. The molecule has 1 aliphatic carbocycles. The lowest BCUT2D eigenvalue weighted by molar-refractivity contribution is -0.270. The Hall–Kier alpha value is -5.06. The summed E-state index contributed by atoms with van der Waals surface area (Å²) < 4.78 is 44.5. The maximum atomic E-state index is 15.7. The van der Waals surface area contributed by atoms with Gasteiger partial charge in [-0.1, -0.05) is 0 Å². The smallest absolute Gasteiger partial charge is 0.305 e. The number of nitrogens with one attached hydrogen (secondary N) is 1. The average molecular weight is 703 g/mol. The Labute approximate surface area is 285 Å². The number of esters is 4. The Morgan fingerprint density at radius 3 is 2.04 bits per heavy atom. The number of anilines is 1. The van der Waals surface area contributed by atoms with Crippen molar-refractivity contribution in [1.82, 2.24) is 14.8 Å². The molecular formula is C33H39FN4O12. The second kappa shape index (κ2) is 14.8. The van der Waals surface area contributed by atoms with E-state index >= 15 is 4.39 Å². The van der Waals surface area contributed by atoms with Gasteiger partial charge in [0.1, 0.15) is 30.1 Å². The second-order valence-electron chi connectivity index (χ2n) is 12.4. The molecule has 2 unspecified atom stereocenters. The van der Waals surface area contributed by atoms with Crippen molar-refractivity contribution in [3.05, 3.63) is 39.9 Å². The van der Waals surface area contributed by atoms with Gasteiger partial charge in [0.25, 0.3) is 5.91 Å². The molecule has 50 heavy (non-hydrogen) atoms. The van der Waals surface area contributed by atoms with Crippen molar-refractivity contribution < 1.29 is 56.8 Å². The zero-order valence-electron chi connectivity index (χ0n) is 28.3. The fourth-order valence-electron chi connectivity index (χ4n) is 6.23. The molecule has 270 valence electrons. The topological polar surface area (TPSA) is 189 Å². The zero-order chi connectivity index (χ0) is 36.4. The Bertz CT molecular complexity index is 1770. The minimum atomic E-state index is -1.66. The molecule has 2 saturated heterocycles. The number of rotatable bonds is 9. The summed E-state index contributed by atoms with van der Waals surface area (Å²) in [5, 5.41) is 2.50. The fourth-order valence-corrected chi connectivity index (χ4v) is 6.23. The van der Waals surface area contributed by atoms with Crippen LogP contribution in [-0.2, 0) is 47.7 Å². The van der Waals surface area contributed by atoms with E-state index < -0.39 is 78.3 Å². The molecule has 0 spiro atoms. The van der Waals surface area contributed by atoms with Gasteiger partial charge in [-0.3, -0.25) is 33.6 Å². The fraction of sp³-hybridized carbons (Fsp3) is 0.545. The summed E-state index contributed by atoms with van der Waals surface area (Å²) in [6, 6.07) is 1.05. The molecule has 2 aliphatic heterocycles. The van der Waals surface area contributed by atoms with Crippen LogP contribution in [0, 0.1) is 5.82 Å². The number of carbonyl (C=O) groups excluding carboxylic acids is 6. The van der Waals surface area contributed by atoms with E-state index in [9.17, 15) is 33.6 Å². The van der Waals surface area contributed by atoms with Crippen molar-refractivity contribution >= 4 is 52.3 Å². The van der Waals surface area contributed by atoms with Crippen LogP contribution in [0.2, 0.25) is 0 Å². The monoisotopic (exact) mass is 702 g/mol. The van der Waals surface area contributed by atoms with Gasteiger partial charge in [0.2, 0.25) is 17.6 Å². The Morgan fingerprint density at radius 2 is 1.48 bits per heavy atom. The van der Waals surface area contributed by atoms with Gasteiger partial charge in [-0.05, 0) is 25.0 Å². The van der Waals surface area contributed by atoms with Crippen molar-refractivity contribution in [2.24, 2.45) is 0 Å². The lowest BCUT2D eigenvalue weighted by Gasteiger charge is -2.44. The number of ether oxygens (including phenoxy) is 5. The van der Waals surface area contributed by atoms with Crippen LogP contribution < -0.4 is 15.6 Å². The Kier molecular flexibility index (Phi) is 10.7. The van der Waals surface area contributed by atoms with Crippen LogP contribution in [0.25, 0.3) is 10.9 Å². The van der Waals surface area contributed by atoms with Gasteiger partial charge in [-0.2, -0.15) is 0 Å². The van der Waals surface area contributed by atoms with Crippen LogP contribution in [0.15, 0.2) is 23.1 Å². The number of halogens is 1. The van der Waals surface area contributed by atoms with Crippen molar-refractivity contribution in [3.63, 3.8) is 0 Å². The van der Waals surface area contributed by atoms with E-state index in [-0.39, 0.29) is 28.6 Å². The highest BCUT2D eigenvalue weighted by molar-refractivity contribution is 5.98. The highest BCUT2D eigenvalue weighted by atomic mass is 19.1. The molecule has 1 aromatic carbocycles. The third kappa shape index (κ3) is 8.04. The predicted octanol–water partition coefficient (Wildman–Crippen LogP) is 0.957. The van der Waals surface area contributed by atoms with Crippen LogP contribution in [0.5, 0.6) is 0 Å². The quantitative estimate of drug-likeness (QED) is 0.288. The molecule has 2 amide bonds. The van der Waals surface area contributed by atoms with E-state index in [0.717, 1.165) is 46.6 Å². The van der Waals surface area contributed by atoms with Gasteiger partial charge in [-0.15, -0.1) is 0 Å². The summed E-state index contributed by atoms with van der Waals surface area (Å²) in [7, 11) is 0. The molecule has 1 saturated carbocycles. The highest BCUT2D eigenvalue weighted by Crippen LogP contribution is 2.38. The summed E-state index contributed by atoms with van der Waals surface area (Å²) in [6.07, 6.45) is -3.12. The number of pyridine rings is 1. The number of benzene rings is 1. The first-order valence-electron chi connectivity index (χ1n) is 16.1. The third-order valence-corrected chi connectivity index (χ3v) is 8.63. The van der Waals surface area contributed by atoms with Gasteiger partial charge in [-0.25, -0.2) is 4.39 Å². The molecule has 0 radical (unpaired) electrons. The number of hydrogen-bond acceptors (Lipinski definition) is 13. The van der Waals surface area contributed by atoms with Crippen molar-refractivity contribution in [1.29, 1.82) is 0 Å². The number of aromatic nitrogens is 1. The minimum Gasteiger partial charge on any atom is -0.463 e. The molecule has 17 heteroatoms. The predicted molar refractivity (Wildman–Crippen MR) is 170 cm³/mol. The molecule has 0 bridgehead atoms. The number of hydrogen-bond donors (Lipinski definition) is 1. The summed E-state index contributed by atoms with van der Waals surface area (Å²) in [5.74, 6) is -5.01. The van der Waals surface area contributed by atoms with E-state index in [1.165, 1.54) is 13.1 Å². The lowest BCUT2D eigenvalue weighted by atomic mass is 9.95. The molecule has 5 rings (SSSR count). The normalized spacial score (nSPS) is 23.5. The van der Waals surface area contributed by atoms with Crippen molar-refractivity contribution in [3.8, 4) is 0 Å². The largest absolute Gasteiger partial charge is 0.463 e.